The molecular weight excluding hydrogens is 156 g/mol. The van der Waals surface area contributed by atoms with Crippen molar-refractivity contribution >= 4 is 41.7 Å². The summed E-state index contributed by atoms with van der Waals surface area (Å²) in [6.45, 7) is 4.00. The fourth-order valence-corrected chi connectivity index (χ4v) is 0.454. The normalized spacial score (nSPS) is 17.5. The fraction of sp³-hybridized carbons (Fsp3) is 0.800. The third-order valence-electron chi connectivity index (χ3n) is 1.15. The summed E-state index contributed by atoms with van der Waals surface area (Å²) >= 11 is 13.1. The summed E-state index contributed by atoms with van der Waals surface area (Å²) in [7, 11) is 0. The molecule has 48 valence electrons. The van der Waals surface area contributed by atoms with E-state index >= 15 is 0 Å². The van der Waals surface area contributed by atoms with Gasteiger partial charge < -0.3 is 0 Å². The zero-order chi connectivity index (χ0) is 6.78. The predicted octanol–water partition coefficient (Wildman–Crippen LogP) is 2.34. The summed E-state index contributed by atoms with van der Waals surface area (Å²) in [5.74, 6) is 0. The van der Waals surface area contributed by atoms with Crippen molar-refractivity contribution in [1.29, 1.82) is 0 Å². The van der Waals surface area contributed by atoms with Crippen LogP contribution in [0, 0.1) is 0 Å². The Bertz CT molecular complexity index is 95.8. The second kappa shape index (κ2) is 3.08. The highest BCUT2D eigenvalue weighted by Gasteiger charge is 2.18. The first-order chi connectivity index (χ1) is 3.50. The molecule has 0 saturated carbocycles. The van der Waals surface area contributed by atoms with E-state index in [-0.39, 0.29) is 4.75 Å². The van der Waals surface area contributed by atoms with Gasteiger partial charge in [-0.05, 0) is 13.3 Å². The number of rotatable bonds is 2. The van der Waals surface area contributed by atoms with E-state index in [0.717, 1.165) is 6.42 Å². The van der Waals surface area contributed by atoms with Crippen LogP contribution in [0.4, 0.5) is 0 Å². The fourth-order valence-electron chi connectivity index (χ4n) is 0.151. The molecule has 0 aromatic rings. The first kappa shape index (κ1) is 8.79. The summed E-state index contributed by atoms with van der Waals surface area (Å²) < 4.78 is 0.502. The smallest absolute Gasteiger partial charge is 0.0603 e. The molecule has 0 aliphatic heterocycles. The van der Waals surface area contributed by atoms with Gasteiger partial charge in [0.15, 0.2) is 0 Å². The molecule has 0 aromatic carbocycles. The first-order valence-corrected chi connectivity index (χ1v) is 3.76. The lowest BCUT2D eigenvalue weighted by Gasteiger charge is -2.18. The van der Waals surface area contributed by atoms with Crippen molar-refractivity contribution in [2.75, 3.05) is 0 Å². The van der Waals surface area contributed by atoms with E-state index in [0.29, 0.717) is 4.20 Å². The van der Waals surface area contributed by atoms with E-state index in [9.17, 15) is 0 Å². The van der Waals surface area contributed by atoms with Crippen LogP contribution >= 0.6 is 37.5 Å². The molecule has 1 unspecified atom stereocenters. The minimum absolute atomic E-state index is 0.168. The highest BCUT2D eigenvalue weighted by molar-refractivity contribution is 8.13. The molecule has 0 N–H and O–H groups in total. The van der Waals surface area contributed by atoms with Crippen molar-refractivity contribution in [2.24, 2.45) is 0 Å². The van der Waals surface area contributed by atoms with E-state index in [4.69, 9.17) is 12.2 Å². The van der Waals surface area contributed by atoms with Crippen molar-refractivity contribution in [3.63, 3.8) is 0 Å². The molecule has 0 spiro atoms. The maximum atomic E-state index is 4.82. The van der Waals surface area contributed by atoms with Crippen LogP contribution in [0.15, 0.2) is 0 Å². The lowest BCUT2D eigenvalue weighted by Crippen LogP contribution is -2.21. The number of hydrogen-bond acceptors (Lipinski definition) is 2. The zero-order valence-corrected chi connectivity index (χ0v) is 7.62. The lowest BCUT2D eigenvalue weighted by molar-refractivity contribution is 0.820. The second-order valence-corrected chi connectivity index (χ2v) is 4.08. The summed E-state index contributed by atoms with van der Waals surface area (Å²) in [6, 6.07) is 0. The van der Waals surface area contributed by atoms with Crippen molar-refractivity contribution in [1.82, 2.24) is 0 Å². The predicted molar refractivity (Wildman–Crippen MR) is 49.3 cm³/mol. The van der Waals surface area contributed by atoms with Crippen molar-refractivity contribution in [2.45, 2.75) is 25.0 Å². The van der Waals surface area contributed by atoms with Gasteiger partial charge in [0, 0.05) is 0 Å². The van der Waals surface area contributed by atoms with Crippen LogP contribution in [-0.4, -0.2) is 8.94 Å². The average Bonchev–Trinajstić information content (AvgIpc) is 1.67. The van der Waals surface area contributed by atoms with Gasteiger partial charge in [0.25, 0.3) is 0 Å². The first-order valence-electron chi connectivity index (χ1n) is 2.46. The summed E-state index contributed by atoms with van der Waals surface area (Å²) in [5.41, 5.74) is 0. The SMILES string of the molecule is CCC(C)(S)C(=S)S. The third-order valence-corrected chi connectivity index (χ3v) is 2.96. The molecule has 0 nitrogen and oxygen atoms in total. The Morgan fingerprint density at radius 3 is 2.12 bits per heavy atom. The monoisotopic (exact) mass is 166 g/mol. The van der Waals surface area contributed by atoms with E-state index in [1.165, 1.54) is 0 Å². The van der Waals surface area contributed by atoms with Crippen LogP contribution in [0.3, 0.4) is 0 Å². The van der Waals surface area contributed by atoms with Gasteiger partial charge in [-0.25, -0.2) is 0 Å². The van der Waals surface area contributed by atoms with E-state index in [1.807, 2.05) is 13.8 Å². The molecule has 0 bridgehead atoms. The van der Waals surface area contributed by atoms with Crippen LogP contribution in [0.1, 0.15) is 20.3 Å². The second-order valence-electron chi connectivity index (χ2n) is 1.93. The molecule has 0 aliphatic carbocycles. The van der Waals surface area contributed by atoms with Crippen molar-refractivity contribution in [3.05, 3.63) is 0 Å². The molecule has 1 atom stereocenters. The van der Waals surface area contributed by atoms with Gasteiger partial charge in [0.1, 0.15) is 0 Å². The lowest BCUT2D eigenvalue weighted by atomic mass is 10.1. The standard InChI is InChI=1S/C5H10S3/c1-3-5(2,8)4(6)7/h8H,3H2,1-2H3,(H,6,7). The highest BCUT2D eigenvalue weighted by atomic mass is 32.1. The third kappa shape index (κ3) is 2.37. The number of thiocarbonyl (C=S) groups is 1. The molecule has 0 radical (unpaired) electrons. The molecule has 0 heterocycles. The van der Waals surface area contributed by atoms with Crippen LogP contribution < -0.4 is 0 Å². The van der Waals surface area contributed by atoms with E-state index < -0.39 is 0 Å². The Hall–Kier alpha value is 0.790. The molecule has 0 fully saturated rings. The van der Waals surface area contributed by atoms with Crippen LogP contribution in [-0.2, 0) is 0 Å². The molecule has 0 aromatic heterocycles. The zero-order valence-electron chi connectivity index (χ0n) is 5.01. The van der Waals surface area contributed by atoms with Gasteiger partial charge in [-0.1, -0.05) is 19.1 Å². The van der Waals surface area contributed by atoms with Gasteiger partial charge in [-0.2, -0.15) is 12.6 Å². The van der Waals surface area contributed by atoms with Gasteiger partial charge in [0.2, 0.25) is 0 Å². The highest BCUT2D eigenvalue weighted by Crippen LogP contribution is 2.21. The maximum absolute atomic E-state index is 4.82. The quantitative estimate of drug-likeness (QED) is 0.469. The minimum Gasteiger partial charge on any atom is -0.167 e. The molecule has 8 heavy (non-hydrogen) atoms. The van der Waals surface area contributed by atoms with E-state index in [1.54, 1.807) is 0 Å². The van der Waals surface area contributed by atoms with Crippen LogP contribution in [0.25, 0.3) is 0 Å². The Morgan fingerprint density at radius 2 is 2.12 bits per heavy atom. The number of thiol groups is 2. The molecule has 0 saturated heterocycles. The molecular formula is C5H10S3. The Labute approximate surface area is 66.9 Å². The van der Waals surface area contributed by atoms with E-state index in [2.05, 4.69) is 25.3 Å². The summed E-state index contributed by atoms with van der Waals surface area (Å²) in [5, 5.41) is 0. The Kier molecular flexibility index (Phi) is 3.39. The largest absolute Gasteiger partial charge is 0.167 e. The van der Waals surface area contributed by atoms with Crippen LogP contribution in [0.2, 0.25) is 0 Å². The minimum atomic E-state index is -0.168. The van der Waals surface area contributed by atoms with Crippen molar-refractivity contribution in [3.8, 4) is 0 Å². The maximum Gasteiger partial charge on any atom is 0.0603 e. The van der Waals surface area contributed by atoms with Gasteiger partial charge in [-0.3, -0.25) is 0 Å². The van der Waals surface area contributed by atoms with Crippen LogP contribution in [0.5, 0.6) is 0 Å². The van der Waals surface area contributed by atoms with Crippen molar-refractivity contribution < 1.29 is 0 Å². The summed E-state index contributed by atoms with van der Waals surface area (Å²) in [6.07, 6.45) is 0.929. The molecule has 3 heteroatoms. The van der Waals surface area contributed by atoms with Gasteiger partial charge in [0.05, 0.1) is 8.94 Å². The molecule has 0 rings (SSSR count). The molecule has 0 aliphatic rings. The number of hydrogen-bond donors (Lipinski definition) is 2. The Morgan fingerprint density at radius 1 is 1.75 bits per heavy atom. The summed E-state index contributed by atoms with van der Waals surface area (Å²) in [4.78, 5) is 0. The Balaban J connectivity index is 3.91. The molecule has 0 amide bonds. The van der Waals surface area contributed by atoms with Gasteiger partial charge >= 0.3 is 0 Å². The van der Waals surface area contributed by atoms with Gasteiger partial charge in [-0.15, -0.1) is 12.6 Å². The average molecular weight is 166 g/mol. The topological polar surface area (TPSA) is 0 Å².